The van der Waals surface area contributed by atoms with Gasteiger partial charge < -0.3 is 16.0 Å². The van der Waals surface area contributed by atoms with Gasteiger partial charge in [0.15, 0.2) is 5.69 Å². The van der Waals surface area contributed by atoms with E-state index < -0.39 is 0 Å². The predicted molar refractivity (Wildman–Crippen MR) is 100 cm³/mol. The number of rotatable bonds is 5. The summed E-state index contributed by atoms with van der Waals surface area (Å²) in [5, 5.41) is 16.0. The molecule has 0 fully saturated rings. The van der Waals surface area contributed by atoms with E-state index in [0.717, 1.165) is 11.1 Å². The van der Waals surface area contributed by atoms with E-state index >= 15 is 0 Å². The van der Waals surface area contributed by atoms with Crippen LogP contribution in [0.25, 0.3) is 10.9 Å². The average molecular weight is 347 g/mol. The van der Waals surface area contributed by atoms with E-state index in [1.54, 1.807) is 31.3 Å². The van der Waals surface area contributed by atoms with Gasteiger partial charge in [-0.15, -0.1) is 6.42 Å². The number of aromatic nitrogens is 2. The molecule has 0 saturated carbocycles. The highest BCUT2D eigenvalue weighted by molar-refractivity contribution is 6.05. The van der Waals surface area contributed by atoms with Crippen molar-refractivity contribution in [1.82, 2.24) is 20.8 Å². The lowest BCUT2D eigenvalue weighted by atomic mass is 10.1. The molecule has 0 aliphatic rings. The standard InChI is InChI=1S/C19H17N5O2/c1-3-10-21-18(25)14-6-4-5-7-15(14)22-12-8-9-13-16(11-12)23-24-17(13)19(26)20-2/h1,4-9,11,22H,10H2,2H3,(H,20,26)(H,21,25)(H,23,24). The maximum absolute atomic E-state index is 12.2. The number of hydrogen-bond donors (Lipinski definition) is 4. The number of fused-ring (bicyclic) bond motifs is 1. The van der Waals surface area contributed by atoms with Crippen LogP contribution in [0.3, 0.4) is 0 Å². The molecule has 0 saturated heterocycles. The van der Waals surface area contributed by atoms with Crippen LogP contribution in [0.1, 0.15) is 20.8 Å². The smallest absolute Gasteiger partial charge is 0.272 e. The van der Waals surface area contributed by atoms with Crippen LogP contribution in [-0.4, -0.2) is 35.6 Å². The first-order chi connectivity index (χ1) is 12.6. The highest BCUT2D eigenvalue weighted by Crippen LogP contribution is 2.25. The van der Waals surface area contributed by atoms with Crippen molar-refractivity contribution in [2.75, 3.05) is 18.9 Å². The molecule has 7 heteroatoms. The van der Waals surface area contributed by atoms with E-state index in [4.69, 9.17) is 6.42 Å². The SMILES string of the molecule is C#CCNC(=O)c1ccccc1Nc1ccc2c(C(=O)NC)n[nH]c2c1. The third-order valence-corrected chi connectivity index (χ3v) is 3.81. The highest BCUT2D eigenvalue weighted by Gasteiger charge is 2.14. The molecule has 0 radical (unpaired) electrons. The summed E-state index contributed by atoms with van der Waals surface area (Å²) >= 11 is 0. The van der Waals surface area contributed by atoms with Crippen LogP contribution in [0.15, 0.2) is 42.5 Å². The highest BCUT2D eigenvalue weighted by atomic mass is 16.2. The minimum Gasteiger partial charge on any atom is -0.355 e. The lowest BCUT2D eigenvalue weighted by Crippen LogP contribution is -2.24. The number of terminal acetylenes is 1. The fraction of sp³-hybridized carbons (Fsp3) is 0.105. The first-order valence-electron chi connectivity index (χ1n) is 7.92. The summed E-state index contributed by atoms with van der Waals surface area (Å²) in [5.74, 6) is 1.87. The number of para-hydroxylation sites is 1. The first-order valence-corrected chi connectivity index (χ1v) is 7.92. The van der Waals surface area contributed by atoms with Crippen LogP contribution >= 0.6 is 0 Å². The Morgan fingerprint density at radius 1 is 1.19 bits per heavy atom. The van der Waals surface area contributed by atoms with Crippen molar-refractivity contribution in [3.63, 3.8) is 0 Å². The van der Waals surface area contributed by atoms with Gasteiger partial charge in [-0.25, -0.2) is 0 Å². The third kappa shape index (κ3) is 3.35. The lowest BCUT2D eigenvalue weighted by molar-refractivity contribution is 0.0951. The van der Waals surface area contributed by atoms with Gasteiger partial charge in [-0.05, 0) is 30.3 Å². The number of nitrogens with one attached hydrogen (secondary N) is 4. The summed E-state index contributed by atoms with van der Waals surface area (Å²) in [6.07, 6.45) is 5.18. The van der Waals surface area contributed by atoms with E-state index in [1.165, 1.54) is 0 Å². The van der Waals surface area contributed by atoms with Gasteiger partial charge in [0, 0.05) is 18.1 Å². The van der Waals surface area contributed by atoms with Crippen molar-refractivity contribution in [2.45, 2.75) is 0 Å². The van der Waals surface area contributed by atoms with Crippen LogP contribution in [0.4, 0.5) is 11.4 Å². The lowest BCUT2D eigenvalue weighted by Gasteiger charge is -2.11. The van der Waals surface area contributed by atoms with E-state index in [9.17, 15) is 9.59 Å². The molecule has 130 valence electrons. The molecule has 26 heavy (non-hydrogen) atoms. The summed E-state index contributed by atoms with van der Waals surface area (Å²) in [6, 6.07) is 12.6. The molecule has 0 bridgehead atoms. The van der Waals surface area contributed by atoms with Crippen LogP contribution < -0.4 is 16.0 Å². The quantitative estimate of drug-likeness (QED) is 0.531. The normalized spacial score (nSPS) is 10.2. The number of hydrogen-bond acceptors (Lipinski definition) is 4. The van der Waals surface area contributed by atoms with E-state index in [2.05, 4.69) is 32.1 Å². The number of benzene rings is 2. The molecule has 3 aromatic rings. The number of nitrogens with zero attached hydrogens (tertiary/aromatic N) is 1. The van der Waals surface area contributed by atoms with Gasteiger partial charge >= 0.3 is 0 Å². The zero-order valence-electron chi connectivity index (χ0n) is 14.1. The summed E-state index contributed by atoms with van der Waals surface area (Å²) in [6.45, 7) is 0.162. The number of anilines is 2. The van der Waals surface area contributed by atoms with Crippen LogP contribution in [0, 0.1) is 12.3 Å². The Bertz CT molecular complexity index is 1020. The third-order valence-electron chi connectivity index (χ3n) is 3.81. The molecule has 0 aliphatic carbocycles. The molecule has 3 rings (SSSR count). The van der Waals surface area contributed by atoms with Crippen molar-refractivity contribution in [2.24, 2.45) is 0 Å². The van der Waals surface area contributed by atoms with Crippen LogP contribution in [0.5, 0.6) is 0 Å². The summed E-state index contributed by atoms with van der Waals surface area (Å²) in [7, 11) is 1.56. The minimum absolute atomic E-state index is 0.162. The fourth-order valence-electron chi connectivity index (χ4n) is 2.56. The molecular weight excluding hydrogens is 330 g/mol. The molecule has 0 aliphatic heterocycles. The number of aromatic amines is 1. The van der Waals surface area contributed by atoms with Gasteiger partial charge in [0.1, 0.15) is 0 Å². The van der Waals surface area contributed by atoms with Crippen molar-refractivity contribution in [1.29, 1.82) is 0 Å². The minimum atomic E-state index is -0.257. The van der Waals surface area contributed by atoms with Crippen molar-refractivity contribution >= 4 is 34.1 Å². The second-order valence-corrected chi connectivity index (χ2v) is 5.47. The molecular formula is C19H17N5O2. The molecule has 7 nitrogen and oxygen atoms in total. The zero-order chi connectivity index (χ0) is 18.5. The van der Waals surface area contributed by atoms with Gasteiger partial charge in [0.25, 0.3) is 11.8 Å². The summed E-state index contributed by atoms with van der Waals surface area (Å²) in [4.78, 5) is 24.0. The molecule has 0 spiro atoms. The molecule has 1 heterocycles. The second kappa shape index (κ2) is 7.40. The van der Waals surface area contributed by atoms with Gasteiger partial charge in [0.2, 0.25) is 0 Å². The molecule has 4 N–H and O–H groups in total. The maximum atomic E-state index is 12.2. The molecule has 1 aromatic heterocycles. The Labute approximate surface area is 150 Å². The largest absolute Gasteiger partial charge is 0.355 e. The first kappa shape index (κ1) is 17.0. The van der Waals surface area contributed by atoms with Gasteiger partial charge in [0.05, 0.1) is 23.3 Å². The Kier molecular flexibility index (Phi) is 4.85. The number of amides is 2. The Hall–Kier alpha value is -3.79. The van der Waals surface area contributed by atoms with Crippen molar-refractivity contribution in [3.8, 4) is 12.3 Å². The van der Waals surface area contributed by atoms with Gasteiger partial charge in [-0.1, -0.05) is 18.1 Å². The second-order valence-electron chi connectivity index (χ2n) is 5.47. The van der Waals surface area contributed by atoms with Crippen molar-refractivity contribution < 1.29 is 9.59 Å². The Balaban J connectivity index is 1.89. The zero-order valence-corrected chi connectivity index (χ0v) is 14.1. The fourth-order valence-corrected chi connectivity index (χ4v) is 2.56. The van der Waals surface area contributed by atoms with Crippen LogP contribution in [0.2, 0.25) is 0 Å². The number of carbonyl (C=O) groups excluding carboxylic acids is 2. The number of carbonyl (C=O) groups is 2. The van der Waals surface area contributed by atoms with E-state index in [0.29, 0.717) is 22.5 Å². The topological polar surface area (TPSA) is 98.9 Å². The molecule has 2 amide bonds. The molecule has 0 atom stereocenters. The summed E-state index contributed by atoms with van der Waals surface area (Å²) < 4.78 is 0. The van der Waals surface area contributed by atoms with Crippen molar-refractivity contribution in [3.05, 3.63) is 53.7 Å². The van der Waals surface area contributed by atoms with E-state index in [1.807, 2.05) is 18.2 Å². The van der Waals surface area contributed by atoms with Crippen LogP contribution in [-0.2, 0) is 0 Å². The maximum Gasteiger partial charge on any atom is 0.272 e. The van der Waals surface area contributed by atoms with E-state index in [-0.39, 0.29) is 18.4 Å². The monoisotopic (exact) mass is 347 g/mol. The predicted octanol–water partition coefficient (Wildman–Crippen LogP) is 2.03. The number of H-pyrrole nitrogens is 1. The molecule has 0 unspecified atom stereocenters. The summed E-state index contributed by atoms with van der Waals surface area (Å²) in [5.41, 5.74) is 2.93. The Morgan fingerprint density at radius 3 is 2.77 bits per heavy atom. The average Bonchev–Trinajstić information content (AvgIpc) is 3.09. The molecule has 2 aromatic carbocycles. The van der Waals surface area contributed by atoms with Gasteiger partial charge in [-0.3, -0.25) is 14.7 Å². The van der Waals surface area contributed by atoms with Gasteiger partial charge in [-0.2, -0.15) is 5.10 Å². The Morgan fingerprint density at radius 2 is 2.00 bits per heavy atom.